The molecule has 0 spiro atoms. The van der Waals surface area contributed by atoms with Crippen molar-refractivity contribution < 1.29 is 14.3 Å². The summed E-state index contributed by atoms with van der Waals surface area (Å²) in [6.07, 6.45) is 1.94. The summed E-state index contributed by atoms with van der Waals surface area (Å²) in [5.74, 6) is 0.913. The molecule has 4 rings (SSSR count). The molecule has 3 aromatic rings. The van der Waals surface area contributed by atoms with Crippen LogP contribution in [-0.4, -0.2) is 28.7 Å². The van der Waals surface area contributed by atoms with E-state index in [1.54, 1.807) is 0 Å². The first-order valence-corrected chi connectivity index (χ1v) is 11.6. The normalized spacial score (nSPS) is 14.3. The van der Waals surface area contributed by atoms with Crippen LogP contribution in [0.4, 0.5) is 10.8 Å². The Balaban J connectivity index is 1.37. The quantitative estimate of drug-likeness (QED) is 0.472. The van der Waals surface area contributed by atoms with E-state index in [0.717, 1.165) is 39.4 Å². The Kier molecular flexibility index (Phi) is 6.24. The van der Waals surface area contributed by atoms with Crippen LogP contribution in [0.2, 0.25) is 0 Å². The number of hydrogen-bond acceptors (Lipinski definition) is 6. The lowest BCUT2D eigenvalue weighted by Crippen LogP contribution is -2.22. The maximum Gasteiger partial charge on any atom is 0.239 e. The van der Waals surface area contributed by atoms with Gasteiger partial charge in [-0.2, -0.15) is 0 Å². The van der Waals surface area contributed by atoms with E-state index in [-0.39, 0.29) is 23.0 Å². The number of benzene rings is 2. The molecule has 8 heteroatoms. The summed E-state index contributed by atoms with van der Waals surface area (Å²) >= 11 is 2.87. The van der Waals surface area contributed by atoms with Gasteiger partial charge in [0, 0.05) is 16.5 Å². The average molecular weight is 442 g/mol. The predicted octanol–water partition coefficient (Wildman–Crippen LogP) is 5.16. The summed E-state index contributed by atoms with van der Waals surface area (Å²) in [6, 6.07) is 13.3. The van der Waals surface area contributed by atoms with E-state index < -0.39 is 0 Å². The van der Waals surface area contributed by atoms with Crippen LogP contribution in [0.3, 0.4) is 0 Å². The number of amides is 2. The number of aromatic nitrogens is 1. The van der Waals surface area contributed by atoms with Crippen molar-refractivity contribution in [2.24, 2.45) is 5.92 Å². The van der Waals surface area contributed by atoms with E-state index in [0.29, 0.717) is 11.7 Å². The number of nitrogens with one attached hydrogen (secondary N) is 2. The van der Waals surface area contributed by atoms with Crippen LogP contribution in [0.15, 0.2) is 47.4 Å². The van der Waals surface area contributed by atoms with Crippen LogP contribution < -0.4 is 15.4 Å². The highest BCUT2D eigenvalue weighted by atomic mass is 32.2. The first-order valence-electron chi connectivity index (χ1n) is 9.93. The summed E-state index contributed by atoms with van der Waals surface area (Å²) in [5, 5.41) is 6.11. The van der Waals surface area contributed by atoms with Crippen LogP contribution in [0.25, 0.3) is 10.2 Å². The Hall–Kier alpha value is -2.58. The zero-order chi connectivity index (χ0) is 21.1. The SMILES string of the molecule is CCOc1ccc2nc(NC(=O)C(C)Sc3cccc(NC(=O)C4CC4)c3)sc2c1. The highest BCUT2D eigenvalue weighted by Crippen LogP contribution is 2.32. The molecule has 30 heavy (non-hydrogen) atoms. The van der Waals surface area contributed by atoms with Gasteiger partial charge < -0.3 is 15.4 Å². The van der Waals surface area contributed by atoms with Crippen molar-refractivity contribution in [1.29, 1.82) is 0 Å². The molecule has 2 aromatic carbocycles. The number of rotatable bonds is 8. The number of carbonyl (C=O) groups is 2. The maximum atomic E-state index is 12.7. The highest BCUT2D eigenvalue weighted by molar-refractivity contribution is 8.00. The van der Waals surface area contributed by atoms with E-state index in [4.69, 9.17) is 4.74 Å². The largest absolute Gasteiger partial charge is 0.494 e. The summed E-state index contributed by atoms with van der Waals surface area (Å²) in [6.45, 7) is 4.41. The lowest BCUT2D eigenvalue weighted by molar-refractivity contribution is -0.117. The van der Waals surface area contributed by atoms with E-state index in [1.165, 1.54) is 23.1 Å². The molecule has 0 aliphatic heterocycles. The number of ether oxygens (including phenoxy) is 1. The third kappa shape index (κ3) is 5.12. The molecule has 0 saturated heterocycles. The van der Waals surface area contributed by atoms with Gasteiger partial charge in [-0.15, -0.1) is 11.8 Å². The first kappa shape index (κ1) is 20.7. The molecule has 1 fully saturated rings. The van der Waals surface area contributed by atoms with E-state index >= 15 is 0 Å². The van der Waals surface area contributed by atoms with E-state index in [1.807, 2.05) is 56.3 Å². The monoisotopic (exact) mass is 441 g/mol. The van der Waals surface area contributed by atoms with Gasteiger partial charge in [-0.25, -0.2) is 4.98 Å². The fraction of sp³-hybridized carbons (Fsp3) is 0.318. The Morgan fingerprint density at radius 2 is 2.07 bits per heavy atom. The average Bonchev–Trinajstić information content (AvgIpc) is 3.49. The van der Waals surface area contributed by atoms with Gasteiger partial charge in [0.1, 0.15) is 5.75 Å². The minimum atomic E-state index is -0.314. The van der Waals surface area contributed by atoms with Crippen molar-refractivity contribution in [3.05, 3.63) is 42.5 Å². The molecule has 1 atom stereocenters. The number of hydrogen-bond donors (Lipinski definition) is 2. The molecular formula is C22H23N3O3S2. The second-order valence-electron chi connectivity index (χ2n) is 7.12. The number of thiazole rings is 1. The van der Waals surface area contributed by atoms with Crippen molar-refractivity contribution in [2.75, 3.05) is 17.2 Å². The Morgan fingerprint density at radius 1 is 1.23 bits per heavy atom. The van der Waals surface area contributed by atoms with Crippen LogP contribution in [0.5, 0.6) is 5.75 Å². The number of nitrogens with zero attached hydrogens (tertiary/aromatic N) is 1. The third-order valence-corrected chi connectivity index (χ3v) is 6.66. The zero-order valence-electron chi connectivity index (χ0n) is 16.8. The van der Waals surface area contributed by atoms with Gasteiger partial charge >= 0.3 is 0 Å². The topological polar surface area (TPSA) is 80.3 Å². The van der Waals surface area contributed by atoms with Crippen molar-refractivity contribution in [3.63, 3.8) is 0 Å². The van der Waals surface area contributed by atoms with Gasteiger partial charge in [0.2, 0.25) is 11.8 Å². The van der Waals surface area contributed by atoms with Gasteiger partial charge in [0.15, 0.2) is 5.13 Å². The van der Waals surface area contributed by atoms with Crippen molar-refractivity contribution in [3.8, 4) is 5.75 Å². The molecule has 1 unspecified atom stereocenters. The fourth-order valence-electron chi connectivity index (χ4n) is 2.92. The molecule has 2 N–H and O–H groups in total. The van der Waals surface area contributed by atoms with Crippen LogP contribution >= 0.6 is 23.1 Å². The second-order valence-corrected chi connectivity index (χ2v) is 9.57. The molecule has 1 aliphatic carbocycles. The lowest BCUT2D eigenvalue weighted by atomic mass is 10.3. The molecule has 1 aromatic heterocycles. The first-order chi connectivity index (χ1) is 14.5. The maximum absolute atomic E-state index is 12.7. The standard InChI is InChI=1S/C22H23N3O3S2/c1-3-28-16-9-10-18-19(12-16)30-22(24-18)25-20(26)13(2)29-17-6-4-5-15(11-17)23-21(27)14-7-8-14/h4-6,9-14H,3,7-8H2,1-2H3,(H,23,27)(H,24,25,26). The van der Waals surface area contributed by atoms with Gasteiger partial charge in [0.05, 0.1) is 22.1 Å². The van der Waals surface area contributed by atoms with E-state index in [2.05, 4.69) is 15.6 Å². The minimum absolute atomic E-state index is 0.0753. The molecule has 156 valence electrons. The second kappa shape index (κ2) is 9.06. The number of fused-ring (bicyclic) bond motifs is 1. The molecule has 0 radical (unpaired) electrons. The molecule has 1 aliphatic rings. The zero-order valence-corrected chi connectivity index (χ0v) is 18.4. The van der Waals surface area contributed by atoms with Crippen molar-refractivity contribution >= 4 is 55.9 Å². The third-order valence-electron chi connectivity index (χ3n) is 4.63. The number of thioether (sulfide) groups is 1. The summed E-state index contributed by atoms with van der Waals surface area (Å²) in [4.78, 5) is 30.0. The molecular weight excluding hydrogens is 418 g/mol. The van der Waals surface area contributed by atoms with Gasteiger partial charge in [-0.05, 0) is 63.1 Å². The smallest absolute Gasteiger partial charge is 0.239 e. The summed E-state index contributed by atoms with van der Waals surface area (Å²) in [5.41, 5.74) is 1.60. The molecule has 2 amide bonds. The van der Waals surface area contributed by atoms with Crippen LogP contribution in [0, 0.1) is 5.92 Å². The lowest BCUT2D eigenvalue weighted by Gasteiger charge is -2.12. The van der Waals surface area contributed by atoms with Crippen molar-refractivity contribution in [2.45, 2.75) is 36.8 Å². The molecule has 6 nitrogen and oxygen atoms in total. The molecule has 1 saturated carbocycles. The summed E-state index contributed by atoms with van der Waals surface area (Å²) < 4.78 is 6.49. The molecule has 1 heterocycles. The Morgan fingerprint density at radius 3 is 2.83 bits per heavy atom. The number of anilines is 2. The predicted molar refractivity (Wildman–Crippen MR) is 123 cm³/mol. The Bertz CT molecular complexity index is 1080. The minimum Gasteiger partial charge on any atom is -0.494 e. The Labute approximate surface area is 183 Å². The van der Waals surface area contributed by atoms with Crippen LogP contribution in [-0.2, 0) is 9.59 Å². The molecule has 0 bridgehead atoms. The van der Waals surface area contributed by atoms with Crippen LogP contribution in [0.1, 0.15) is 26.7 Å². The highest BCUT2D eigenvalue weighted by Gasteiger charge is 2.29. The van der Waals surface area contributed by atoms with Gasteiger partial charge in [-0.1, -0.05) is 17.4 Å². The van der Waals surface area contributed by atoms with Gasteiger partial charge in [0.25, 0.3) is 0 Å². The van der Waals surface area contributed by atoms with Gasteiger partial charge in [-0.3, -0.25) is 9.59 Å². The van der Waals surface area contributed by atoms with E-state index in [9.17, 15) is 9.59 Å². The number of carbonyl (C=O) groups excluding carboxylic acids is 2. The summed E-state index contributed by atoms with van der Waals surface area (Å²) in [7, 11) is 0. The van der Waals surface area contributed by atoms with Crippen molar-refractivity contribution in [1.82, 2.24) is 4.98 Å². The fourth-order valence-corrected chi connectivity index (χ4v) is 4.74.